The highest BCUT2D eigenvalue weighted by atomic mass is 32.2. The van der Waals surface area contributed by atoms with Crippen LogP contribution in [-0.4, -0.2) is 24.7 Å². The average molecular weight is 238 g/mol. The van der Waals surface area contributed by atoms with Gasteiger partial charge in [0.15, 0.2) is 0 Å². The van der Waals surface area contributed by atoms with Crippen LogP contribution in [0.1, 0.15) is 12.8 Å². The normalized spacial score (nSPS) is 16.9. The Labute approximate surface area is 101 Å². The lowest BCUT2D eigenvalue weighted by Gasteiger charge is -2.15. The maximum absolute atomic E-state index is 5.76. The molecule has 16 heavy (non-hydrogen) atoms. The van der Waals surface area contributed by atoms with Gasteiger partial charge in [0.1, 0.15) is 5.75 Å². The van der Waals surface area contributed by atoms with Gasteiger partial charge in [-0.15, -0.1) is 0 Å². The maximum Gasteiger partial charge on any atom is 0.143 e. The van der Waals surface area contributed by atoms with Gasteiger partial charge in [-0.05, 0) is 31.2 Å². The highest BCUT2D eigenvalue weighted by Gasteiger charge is 2.41. The smallest absolute Gasteiger partial charge is 0.143 e. The Hall–Kier alpha value is -1.03. The number of nitrogens with two attached hydrogens (primary N) is 1. The number of thioether (sulfide) groups is 1. The predicted molar refractivity (Wildman–Crippen MR) is 71.4 cm³/mol. The molecular weight excluding hydrogens is 220 g/mol. The van der Waals surface area contributed by atoms with Crippen molar-refractivity contribution in [1.29, 1.82) is 0 Å². The summed E-state index contributed by atoms with van der Waals surface area (Å²) in [6, 6.07) is 5.82. The van der Waals surface area contributed by atoms with Crippen LogP contribution in [-0.2, 0) is 0 Å². The van der Waals surface area contributed by atoms with Gasteiger partial charge in [-0.1, -0.05) is 0 Å². The van der Waals surface area contributed by atoms with E-state index in [1.165, 1.54) is 12.8 Å². The van der Waals surface area contributed by atoms with Gasteiger partial charge >= 0.3 is 0 Å². The third-order valence-corrected chi connectivity index (χ3v) is 4.51. The van der Waals surface area contributed by atoms with E-state index in [4.69, 9.17) is 10.5 Å². The lowest BCUT2D eigenvalue weighted by molar-refractivity contribution is 0.417. The summed E-state index contributed by atoms with van der Waals surface area (Å²) in [6.07, 6.45) is 4.80. The largest absolute Gasteiger partial charge is 0.495 e. The van der Waals surface area contributed by atoms with E-state index in [9.17, 15) is 0 Å². The molecule has 0 heterocycles. The van der Waals surface area contributed by atoms with Crippen molar-refractivity contribution in [3.8, 4) is 5.75 Å². The number of benzene rings is 1. The third-order valence-electron chi connectivity index (χ3n) is 3.09. The Morgan fingerprint density at radius 3 is 2.81 bits per heavy atom. The molecule has 1 aromatic carbocycles. The van der Waals surface area contributed by atoms with Gasteiger partial charge in [0.25, 0.3) is 0 Å². The number of hydrogen-bond acceptors (Lipinski definition) is 4. The highest BCUT2D eigenvalue weighted by molar-refractivity contribution is 8.00. The molecule has 0 aliphatic heterocycles. The topological polar surface area (TPSA) is 47.3 Å². The highest BCUT2D eigenvalue weighted by Crippen LogP contribution is 2.47. The van der Waals surface area contributed by atoms with Gasteiger partial charge in [0.2, 0.25) is 0 Å². The number of nitrogens with one attached hydrogen (secondary N) is 1. The van der Waals surface area contributed by atoms with Crippen molar-refractivity contribution >= 4 is 23.1 Å². The van der Waals surface area contributed by atoms with Crippen LogP contribution < -0.4 is 15.8 Å². The second-order valence-electron chi connectivity index (χ2n) is 4.20. The molecule has 0 radical (unpaired) electrons. The average Bonchev–Trinajstić information content (AvgIpc) is 3.09. The molecule has 2 rings (SSSR count). The number of rotatable bonds is 5. The summed E-state index contributed by atoms with van der Waals surface area (Å²) in [4.78, 5) is 0. The Morgan fingerprint density at radius 2 is 2.25 bits per heavy atom. The van der Waals surface area contributed by atoms with Gasteiger partial charge in [0, 0.05) is 23.0 Å². The second kappa shape index (κ2) is 4.45. The minimum atomic E-state index is 0.467. The summed E-state index contributed by atoms with van der Waals surface area (Å²) in [5, 5.41) is 3.44. The van der Waals surface area contributed by atoms with Gasteiger partial charge in [-0.25, -0.2) is 0 Å². The van der Waals surface area contributed by atoms with E-state index in [2.05, 4.69) is 11.6 Å². The molecule has 88 valence electrons. The minimum Gasteiger partial charge on any atom is -0.495 e. The zero-order chi connectivity index (χ0) is 11.6. The zero-order valence-corrected chi connectivity index (χ0v) is 10.6. The molecule has 0 amide bonds. The molecule has 3 nitrogen and oxygen atoms in total. The first-order valence-electron chi connectivity index (χ1n) is 5.42. The third kappa shape index (κ3) is 2.38. The molecule has 1 aliphatic rings. The molecule has 1 saturated carbocycles. The van der Waals surface area contributed by atoms with E-state index in [0.29, 0.717) is 10.4 Å². The molecule has 0 spiro atoms. The minimum absolute atomic E-state index is 0.467. The van der Waals surface area contributed by atoms with Crippen LogP contribution in [0.5, 0.6) is 5.75 Å². The monoisotopic (exact) mass is 238 g/mol. The van der Waals surface area contributed by atoms with Crippen molar-refractivity contribution in [2.75, 3.05) is 31.0 Å². The Bertz CT molecular complexity index is 377. The summed E-state index contributed by atoms with van der Waals surface area (Å²) >= 11 is 1.95. The van der Waals surface area contributed by atoms with Crippen LogP contribution >= 0.6 is 11.8 Å². The number of nitrogen functional groups attached to an aromatic ring is 1. The molecule has 0 unspecified atom stereocenters. The first-order valence-corrected chi connectivity index (χ1v) is 6.64. The van der Waals surface area contributed by atoms with E-state index in [0.717, 1.165) is 18.0 Å². The van der Waals surface area contributed by atoms with Crippen molar-refractivity contribution in [3.63, 3.8) is 0 Å². The summed E-state index contributed by atoms with van der Waals surface area (Å²) in [5.74, 6) is 0.735. The van der Waals surface area contributed by atoms with Crippen molar-refractivity contribution in [2.24, 2.45) is 0 Å². The van der Waals surface area contributed by atoms with Gasteiger partial charge < -0.3 is 15.8 Å². The summed E-state index contributed by atoms with van der Waals surface area (Å²) in [7, 11) is 1.64. The fourth-order valence-corrected chi connectivity index (χ4v) is 2.40. The van der Waals surface area contributed by atoms with Crippen LogP contribution in [0.4, 0.5) is 11.4 Å². The van der Waals surface area contributed by atoms with E-state index >= 15 is 0 Å². The molecule has 1 fully saturated rings. The maximum atomic E-state index is 5.76. The Balaban J connectivity index is 1.99. The van der Waals surface area contributed by atoms with Crippen LogP contribution in [0.2, 0.25) is 0 Å². The van der Waals surface area contributed by atoms with Crippen molar-refractivity contribution in [1.82, 2.24) is 0 Å². The zero-order valence-electron chi connectivity index (χ0n) is 9.75. The van der Waals surface area contributed by atoms with Crippen molar-refractivity contribution < 1.29 is 4.74 Å². The summed E-state index contributed by atoms with van der Waals surface area (Å²) in [6.45, 7) is 1.02. The Morgan fingerprint density at radius 1 is 1.50 bits per heavy atom. The van der Waals surface area contributed by atoms with Crippen LogP contribution in [0.25, 0.3) is 0 Å². The molecule has 0 bridgehead atoms. The number of anilines is 2. The quantitative estimate of drug-likeness (QED) is 0.774. The summed E-state index contributed by atoms with van der Waals surface area (Å²) in [5.41, 5.74) is 7.52. The van der Waals surface area contributed by atoms with Gasteiger partial charge in [0.05, 0.1) is 12.8 Å². The molecular formula is C12H18N2OS. The standard InChI is InChI=1S/C12H18N2OS/c1-15-11-7-9(3-4-10(11)13)14-8-12(16-2)5-6-12/h3-4,7,14H,5-6,8,13H2,1-2H3. The lowest BCUT2D eigenvalue weighted by atomic mass is 10.2. The van der Waals surface area contributed by atoms with Crippen LogP contribution in [0.3, 0.4) is 0 Å². The van der Waals surface area contributed by atoms with E-state index in [1.807, 2.05) is 30.0 Å². The number of hydrogen-bond donors (Lipinski definition) is 2. The van der Waals surface area contributed by atoms with E-state index < -0.39 is 0 Å². The fraction of sp³-hybridized carbons (Fsp3) is 0.500. The molecule has 3 N–H and O–H groups in total. The first-order chi connectivity index (χ1) is 7.69. The van der Waals surface area contributed by atoms with Crippen molar-refractivity contribution in [2.45, 2.75) is 17.6 Å². The molecule has 1 aliphatic carbocycles. The van der Waals surface area contributed by atoms with Crippen LogP contribution in [0, 0.1) is 0 Å². The molecule has 0 saturated heterocycles. The Kier molecular flexibility index (Phi) is 3.19. The fourth-order valence-electron chi connectivity index (χ4n) is 1.68. The van der Waals surface area contributed by atoms with E-state index in [-0.39, 0.29) is 0 Å². The number of ether oxygens (including phenoxy) is 1. The van der Waals surface area contributed by atoms with Gasteiger partial charge in [-0.3, -0.25) is 0 Å². The summed E-state index contributed by atoms with van der Waals surface area (Å²) < 4.78 is 5.66. The molecule has 0 aromatic heterocycles. The second-order valence-corrected chi connectivity index (χ2v) is 5.47. The molecule has 4 heteroatoms. The lowest BCUT2D eigenvalue weighted by Crippen LogP contribution is -2.17. The van der Waals surface area contributed by atoms with Gasteiger partial charge in [-0.2, -0.15) is 11.8 Å². The van der Waals surface area contributed by atoms with E-state index in [1.54, 1.807) is 7.11 Å². The van der Waals surface area contributed by atoms with Crippen molar-refractivity contribution in [3.05, 3.63) is 18.2 Å². The molecule has 0 atom stereocenters. The first kappa shape index (κ1) is 11.5. The van der Waals surface area contributed by atoms with Crippen LogP contribution in [0.15, 0.2) is 18.2 Å². The predicted octanol–water partition coefficient (Wildman–Crippen LogP) is 2.58. The number of methoxy groups -OCH3 is 1. The SMILES string of the molecule is COc1cc(NCC2(SC)CC2)ccc1N. The molecule has 1 aromatic rings.